The SMILES string of the molecule is COc1ccc(C(NC(=O)C=Cc2ccc3c(c2)OCO3)C(=O)Nc2ccc3c(c2)OCO3)cc1. The summed E-state index contributed by atoms with van der Waals surface area (Å²) in [6.45, 7) is 0.304. The molecule has 5 rings (SSSR count). The Morgan fingerprint density at radius 3 is 2.23 bits per heavy atom. The summed E-state index contributed by atoms with van der Waals surface area (Å²) in [6, 6.07) is 16.4. The first-order valence-electron chi connectivity index (χ1n) is 10.8. The van der Waals surface area contributed by atoms with Gasteiger partial charge in [0.1, 0.15) is 11.8 Å². The normalized spacial score (nSPS) is 14.0. The van der Waals surface area contributed by atoms with Crippen LogP contribution >= 0.6 is 0 Å². The molecule has 0 saturated carbocycles. The van der Waals surface area contributed by atoms with Gasteiger partial charge in [0, 0.05) is 17.8 Å². The summed E-state index contributed by atoms with van der Waals surface area (Å²) >= 11 is 0. The lowest BCUT2D eigenvalue weighted by atomic mass is 10.1. The topological polar surface area (TPSA) is 104 Å². The molecule has 0 radical (unpaired) electrons. The molecule has 2 N–H and O–H groups in total. The van der Waals surface area contributed by atoms with Gasteiger partial charge in [-0.15, -0.1) is 0 Å². The standard InChI is InChI=1S/C26H22N2O7/c1-31-19-7-4-17(5-8-19)25(26(30)27-18-6-10-21-23(13-18)35-15-33-21)28-24(29)11-3-16-2-9-20-22(12-16)34-14-32-20/h2-13,25H,14-15H2,1H3,(H,27,30)(H,28,29). The van der Waals surface area contributed by atoms with Crippen LogP contribution in [0.15, 0.2) is 66.7 Å². The number of amides is 2. The van der Waals surface area contributed by atoms with Crippen LogP contribution in [0.3, 0.4) is 0 Å². The Bertz CT molecular complexity index is 1290. The number of hydrogen-bond donors (Lipinski definition) is 2. The van der Waals surface area contributed by atoms with Crippen LogP contribution < -0.4 is 34.3 Å². The molecule has 0 spiro atoms. The minimum absolute atomic E-state index is 0.132. The Hall–Kier alpha value is -4.66. The molecule has 35 heavy (non-hydrogen) atoms. The Morgan fingerprint density at radius 1 is 0.857 bits per heavy atom. The van der Waals surface area contributed by atoms with Gasteiger partial charge < -0.3 is 34.3 Å². The van der Waals surface area contributed by atoms with Gasteiger partial charge in [0.2, 0.25) is 19.5 Å². The minimum atomic E-state index is -0.958. The Balaban J connectivity index is 1.33. The van der Waals surface area contributed by atoms with Crippen LogP contribution in [0.2, 0.25) is 0 Å². The van der Waals surface area contributed by atoms with Gasteiger partial charge in [-0.05, 0) is 53.6 Å². The lowest BCUT2D eigenvalue weighted by Gasteiger charge is -2.18. The third-order valence-electron chi connectivity index (χ3n) is 5.46. The Kier molecular flexibility index (Phi) is 6.13. The molecule has 2 heterocycles. The molecule has 178 valence electrons. The van der Waals surface area contributed by atoms with Gasteiger partial charge in [-0.2, -0.15) is 0 Å². The lowest BCUT2D eigenvalue weighted by Crippen LogP contribution is -2.36. The van der Waals surface area contributed by atoms with Crippen molar-refractivity contribution in [2.45, 2.75) is 6.04 Å². The number of carbonyl (C=O) groups excluding carboxylic acids is 2. The molecule has 0 bridgehead atoms. The Morgan fingerprint density at radius 2 is 1.51 bits per heavy atom. The summed E-state index contributed by atoms with van der Waals surface area (Å²) in [5.41, 5.74) is 1.87. The lowest BCUT2D eigenvalue weighted by molar-refractivity contribution is -0.123. The molecule has 2 aliphatic heterocycles. The summed E-state index contributed by atoms with van der Waals surface area (Å²) in [5.74, 6) is 2.20. The molecule has 2 amide bonds. The highest BCUT2D eigenvalue weighted by Gasteiger charge is 2.23. The van der Waals surface area contributed by atoms with E-state index in [-0.39, 0.29) is 13.6 Å². The highest BCUT2D eigenvalue weighted by atomic mass is 16.7. The third-order valence-corrected chi connectivity index (χ3v) is 5.46. The molecule has 0 saturated heterocycles. The van der Waals surface area contributed by atoms with Crippen LogP contribution in [0, 0.1) is 0 Å². The van der Waals surface area contributed by atoms with E-state index in [9.17, 15) is 9.59 Å². The molecule has 2 aliphatic rings. The van der Waals surface area contributed by atoms with Crippen molar-refractivity contribution in [2.24, 2.45) is 0 Å². The summed E-state index contributed by atoms with van der Waals surface area (Å²) in [4.78, 5) is 26.0. The van der Waals surface area contributed by atoms with Crippen LogP contribution in [0.25, 0.3) is 6.08 Å². The number of methoxy groups -OCH3 is 1. The highest BCUT2D eigenvalue weighted by Crippen LogP contribution is 2.35. The third kappa shape index (κ3) is 4.98. The monoisotopic (exact) mass is 474 g/mol. The van der Waals surface area contributed by atoms with Crippen molar-refractivity contribution in [3.63, 3.8) is 0 Å². The van der Waals surface area contributed by atoms with E-state index in [0.717, 1.165) is 5.56 Å². The molecule has 1 unspecified atom stereocenters. The van der Waals surface area contributed by atoms with Crippen molar-refractivity contribution in [3.8, 4) is 28.7 Å². The fourth-order valence-electron chi connectivity index (χ4n) is 3.66. The number of carbonyl (C=O) groups is 2. The minimum Gasteiger partial charge on any atom is -0.497 e. The maximum absolute atomic E-state index is 13.2. The zero-order valence-corrected chi connectivity index (χ0v) is 18.8. The van der Waals surface area contributed by atoms with Gasteiger partial charge >= 0.3 is 0 Å². The molecule has 1 atom stereocenters. The molecular weight excluding hydrogens is 452 g/mol. The summed E-state index contributed by atoms with van der Waals surface area (Å²) in [6.07, 6.45) is 3.00. The predicted octanol–water partition coefficient (Wildman–Crippen LogP) is 3.66. The van der Waals surface area contributed by atoms with E-state index < -0.39 is 17.9 Å². The number of nitrogens with one attached hydrogen (secondary N) is 2. The molecular formula is C26H22N2O7. The molecule has 9 nitrogen and oxygen atoms in total. The van der Waals surface area contributed by atoms with Gasteiger partial charge in [0.25, 0.3) is 5.91 Å². The van der Waals surface area contributed by atoms with Crippen LogP contribution in [-0.2, 0) is 9.59 Å². The second kappa shape index (κ2) is 9.68. The van der Waals surface area contributed by atoms with Crippen molar-refractivity contribution >= 4 is 23.6 Å². The summed E-state index contributed by atoms with van der Waals surface area (Å²) in [5, 5.41) is 5.61. The number of anilines is 1. The van der Waals surface area contributed by atoms with Gasteiger partial charge in [0.05, 0.1) is 7.11 Å². The zero-order valence-electron chi connectivity index (χ0n) is 18.8. The second-order valence-electron chi connectivity index (χ2n) is 7.72. The van der Waals surface area contributed by atoms with E-state index in [1.807, 2.05) is 6.07 Å². The van der Waals surface area contributed by atoms with Crippen molar-refractivity contribution in [3.05, 3.63) is 77.9 Å². The van der Waals surface area contributed by atoms with Crippen molar-refractivity contribution in [1.82, 2.24) is 5.32 Å². The fraction of sp³-hybridized carbons (Fsp3) is 0.154. The molecule has 3 aromatic carbocycles. The van der Waals surface area contributed by atoms with E-state index in [4.69, 9.17) is 23.7 Å². The van der Waals surface area contributed by atoms with Gasteiger partial charge in [0.15, 0.2) is 23.0 Å². The Labute approximate surface area is 201 Å². The van der Waals surface area contributed by atoms with E-state index in [1.54, 1.807) is 67.8 Å². The number of benzene rings is 3. The van der Waals surface area contributed by atoms with Crippen molar-refractivity contribution in [2.75, 3.05) is 26.0 Å². The van der Waals surface area contributed by atoms with Gasteiger partial charge in [-0.25, -0.2) is 0 Å². The molecule has 0 aromatic heterocycles. The number of rotatable bonds is 7. The first kappa shape index (κ1) is 22.1. The molecule has 0 aliphatic carbocycles. The van der Waals surface area contributed by atoms with Gasteiger partial charge in [-0.1, -0.05) is 18.2 Å². The second-order valence-corrected chi connectivity index (χ2v) is 7.72. The number of fused-ring (bicyclic) bond motifs is 2. The number of ether oxygens (including phenoxy) is 5. The van der Waals surface area contributed by atoms with Crippen LogP contribution in [0.4, 0.5) is 5.69 Å². The summed E-state index contributed by atoms with van der Waals surface area (Å²) in [7, 11) is 1.56. The van der Waals surface area contributed by atoms with Crippen molar-refractivity contribution in [1.29, 1.82) is 0 Å². The average molecular weight is 474 g/mol. The average Bonchev–Trinajstić information content (AvgIpc) is 3.55. The quantitative estimate of drug-likeness (QED) is 0.504. The maximum Gasteiger partial charge on any atom is 0.251 e. The van der Waals surface area contributed by atoms with E-state index in [2.05, 4.69) is 10.6 Å². The maximum atomic E-state index is 13.2. The van der Waals surface area contributed by atoms with Crippen LogP contribution in [-0.4, -0.2) is 32.5 Å². The van der Waals surface area contributed by atoms with Crippen LogP contribution in [0.5, 0.6) is 28.7 Å². The smallest absolute Gasteiger partial charge is 0.251 e. The zero-order chi connectivity index (χ0) is 24.2. The first-order valence-corrected chi connectivity index (χ1v) is 10.8. The molecule has 0 fully saturated rings. The first-order chi connectivity index (χ1) is 17.1. The summed E-state index contributed by atoms with van der Waals surface area (Å²) < 4.78 is 26.6. The molecule has 9 heteroatoms. The molecule has 3 aromatic rings. The van der Waals surface area contributed by atoms with E-state index >= 15 is 0 Å². The van der Waals surface area contributed by atoms with Gasteiger partial charge in [-0.3, -0.25) is 9.59 Å². The highest BCUT2D eigenvalue weighted by molar-refractivity contribution is 6.00. The van der Waals surface area contributed by atoms with E-state index in [1.165, 1.54) is 6.08 Å². The predicted molar refractivity (Wildman–Crippen MR) is 127 cm³/mol. The van der Waals surface area contributed by atoms with E-state index in [0.29, 0.717) is 40.0 Å². The largest absolute Gasteiger partial charge is 0.497 e. The van der Waals surface area contributed by atoms with Crippen LogP contribution in [0.1, 0.15) is 17.2 Å². The number of hydrogen-bond acceptors (Lipinski definition) is 7. The van der Waals surface area contributed by atoms with Crippen molar-refractivity contribution < 1.29 is 33.3 Å². The fourth-order valence-corrected chi connectivity index (χ4v) is 3.66.